The third-order valence-corrected chi connectivity index (χ3v) is 4.91. The first-order valence-electron chi connectivity index (χ1n) is 9.64. The lowest BCUT2D eigenvalue weighted by atomic mass is 10.1. The van der Waals surface area contributed by atoms with Crippen LogP contribution in [-0.2, 0) is 0 Å². The summed E-state index contributed by atoms with van der Waals surface area (Å²) in [5, 5.41) is 0.409. The molecule has 4 aromatic rings. The maximum atomic E-state index is 13.3. The third kappa shape index (κ3) is 3.85. The summed E-state index contributed by atoms with van der Waals surface area (Å²) in [6, 6.07) is 19.4. The van der Waals surface area contributed by atoms with Gasteiger partial charge in [0.25, 0.3) is 11.5 Å². The number of ether oxygens (including phenoxy) is 2. The predicted molar refractivity (Wildman–Crippen MR) is 119 cm³/mol. The van der Waals surface area contributed by atoms with Gasteiger partial charge >= 0.3 is 0 Å². The molecule has 0 aliphatic rings. The van der Waals surface area contributed by atoms with Crippen molar-refractivity contribution in [3.05, 3.63) is 88.2 Å². The van der Waals surface area contributed by atoms with Crippen LogP contribution in [0.4, 0.5) is 0 Å². The number of nitrogens with zero attached hydrogens (tertiary/aromatic N) is 2. The Morgan fingerprint density at radius 1 is 0.935 bits per heavy atom. The van der Waals surface area contributed by atoms with Crippen LogP contribution in [0.25, 0.3) is 22.3 Å². The number of rotatable bonds is 5. The molecule has 1 heterocycles. The number of nitrogens with one attached hydrogen (secondary N) is 1. The van der Waals surface area contributed by atoms with Gasteiger partial charge in [-0.05, 0) is 43.3 Å². The molecule has 1 amide bonds. The van der Waals surface area contributed by atoms with E-state index in [2.05, 4.69) is 10.4 Å². The number of carbonyl (C=O) groups is 1. The van der Waals surface area contributed by atoms with Crippen molar-refractivity contribution in [1.29, 1.82) is 0 Å². The summed E-state index contributed by atoms with van der Waals surface area (Å²) in [6.45, 7) is 1.95. The number of para-hydroxylation sites is 1. The molecular formula is C24H21N3O4. The summed E-state index contributed by atoms with van der Waals surface area (Å²) >= 11 is 0. The van der Waals surface area contributed by atoms with Gasteiger partial charge in [-0.25, -0.2) is 4.98 Å². The molecular weight excluding hydrogens is 394 g/mol. The van der Waals surface area contributed by atoms with Gasteiger partial charge in [0, 0.05) is 11.1 Å². The van der Waals surface area contributed by atoms with Crippen LogP contribution in [0.1, 0.15) is 15.9 Å². The molecule has 3 aromatic carbocycles. The van der Waals surface area contributed by atoms with Gasteiger partial charge in [0.05, 0.1) is 25.1 Å². The standard InChI is InChI=1S/C24H21N3O4/c1-15-7-6-8-16(13-15)22-25-19-10-5-4-9-18(19)24(29)27(22)26-23(28)17-11-12-20(30-2)21(14-17)31-3/h4-14H,1-3H3,(H,26,28). The molecule has 0 unspecified atom stereocenters. The quantitative estimate of drug-likeness (QED) is 0.537. The fourth-order valence-electron chi connectivity index (χ4n) is 3.36. The third-order valence-electron chi connectivity index (χ3n) is 4.91. The maximum Gasteiger partial charge on any atom is 0.280 e. The number of hydrogen-bond donors (Lipinski definition) is 1. The molecule has 0 aliphatic heterocycles. The monoisotopic (exact) mass is 415 g/mol. The lowest BCUT2D eigenvalue weighted by Gasteiger charge is -2.15. The van der Waals surface area contributed by atoms with Crippen molar-refractivity contribution in [2.75, 3.05) is 19.6 Å². The topological polar surface area (TPSA) is 82.5 Å². The van der Waals surface area contributed by atoms with Crippen molar-refractivity contribution >= 4 is 16.8 Å². The number of amides is 1. The van der Waals surface area contributed by atoms with Crippen molar-refractivity contribution in [2.45, 2.75) is 6.92 Å². The molecule has 1 N–H and O–H groups in total. The summed E-state index contributed by atoms with van der Waals surface area (Å²) in [7, 11) is 3.01. The maximum absolute atomic E-state index is 13.3. The highest BCUT2D eigenvalue weighted by Crippen LogP contribution is 2.27. The normalized spacial score (nSPS) is 10.7. The highest BCUT2D eigenvalue weighted by molar-refractivity contribution is 6.01. The van der Waals surface area contributed by atoms with Crippen LogP contribution in [0, 0.1) is 6.92 Å². The molecule has 0 fully saturated rings. The molecule has 4 rings (SSSR count). The molecule has 7 heteroatoms. The van der Waals surface area contributed by atoms with Crippen molar-refractivity contribution in [3.8, 4) is 22.9 Å². The summed E-state index contributed by atoms with van der Waals surface area (Å²) in [5.41, 5.74) is 4.93. The Labute approximate surface area is 178 Å². The minimum Gasteiger partial charge on any atom is -0.493 e. The van der Waals surface area contributed by atoms with Crippen LogP contribution in [0.3, 0.4) is 0 Å². The molecule has 7 nitrogen and oxygen atoms in total. The first-order chi connectivity index (χ1) is 15.0. The smallest absolute Gasteiger partial charge is 0.280 e. The minimum absolute atomic E-state index is 0.313. The number of fused-ring (bicyclic) bond motifs is 1. The SMILES string of the molecule is COc1ccc(C(=O)Nn2c(-c3cccc(C)c3)nc3ccccc3c2=O)cc1OC. The van der Waals surface area contributed by atoms with E-state index in [1.54, 1.807) is 36.4 Å². The summed E-state index contributed by atoms with van der Waals surface area (Å²) in [4.78, 5) is 30.9. The second-order valence-electron chi connectivity index (χ2n) is 6.97. The Hall–Kier alpha value is -4.13. The van der Waals surface area contributed by atoms with Crippen LogP contribution in [-0.4, -0.2) is 29.8 Å². The van der Waals surface area contributed by atoms with Crippen LogP contribution < -0.4 is 20.5 Å². The number of aryl methyl sites for hydroxylation is 1. The molecule has 0 saturated heterocycles. The first kappa shape index (κ1) is 20.2. The molecule has 0 bridgehead atoms. The van der Waals surface area contributed by atoms with Gasteiger partial charge in [-0.3, -0.25) is 15.0 Å². The molecule has 0 saturated carbocycles. The van der Waals surface area contributed by atoms with E-state index in [1.807, 2.05) is 37.3 Å². The second-order valence-corrected chi connectivity index (χ2v) is 6.97. The summed E-state index contributed by atoms with van der Waals surface area (Å²) < 4.78 is 11.7. The fourth-order valence-corrected chi connectivity index (χ4v) is 3.36. The van der Waals surface area contributed by atoms with E-state index in [0.717, 1.165) is 11.1 Å². The molecule has 0 aliphatic carbocycles. The Balaban J connectivity index is 1.85. The van der Waals surface area contributed by atoms with E-state index < -0.39 is 5.91 Å². The number of benzene rings is 3. The van der Waals surface area contributed by atoms with E-state index >= 15 is 0 Å². The van der Waals surface area contributed by atoms with E-state index in [-0.39, 0.29) is 5.56 Å². The Kier molecular flexibility index (Phi) is 5.41. The Morgan fingerprint density at radius 2 is 1.71 bits per heavy atom. The van der Waals surface area contributed by atoms with Gasteiger partial charge in [-0.2, -0.15) is 4.68 Å². The van der Waals surface area contributed by atoms with Gasteiger partial charge in [0.2, 0.25) is 0 Å². The van der Waals surface area contributed by atoms with Crippen LogP contribution in [0.15, 0.2) is 71.5 Å². The molecule has 156 valence electrons. The zero-order chi connectivity index (χ0) is 22.0. The van der Waals surface area contributed by atoms with Gasteiger partial charge < -0.3 is 9.47 Å². The number of aromatic nitrogens is 2. The lowest BCUT2D eigenvalue weighted by molar-refractivity contribution is 0.101. The zero-order valence-corrected chi connectivity index (χ0v) is 17.4. The molecule has 0 radical (unpaired) electrons. The second kappa shape index (κ2) is 8.31. The first-order valence-corrected chi connectivity index (χ1v) is 9.64. The highest BCUT2D eigenvalue weighted by Gasteiger charge is 2.17. The molecule has 0 spiro atoms. The van der Waals surface area contributed by atoms with Crippen molar-refractivity contribution in [2.24, 2.45) is 0 Å². The molecule has 1 aromatic heterocycles. The van der Waals surface area contributed by atoms with E-state index in [4.69, 9.17) is 9.47 Å². The predicted octanol–water partition coefficient (Wildman–Crippen LogP) is 3.77. The largest absolute Gasteiger partial charge is 0.493 e. The number of methoxy groups -OCH3 is 2. The molecule has 0 atom stereocenters. The van der Waals surface area contributed by atoms with E-state index in [0.29, 0.717) is 33.8 Å². The minimum atomic E-state index is -0.478. The Bertz CT molecular complexity index is 1340. The lowest BCUT2D eigenvalue weighted by Crippen LogP contribution is -2.35. The van der Waals surface area contributed by atoms with Gasteiger partial charge in [-0.15, -0.1) is 0 Å². The number of hydrogen-bond acceptors (Lipinski definition) is 5. The fraction of sp³-hybridized carbons (Fsp3) is 0.125. The Morgan fingerprint density at radius 3 is 2.45 bits per heavy atom. The van der Waals surface area contributed by atoms with Crippen LogP contribution >= 0.6 is 0 Å². The van der Waals surface area contributed by atoms with Crippen molar-refractivity contribution in [3.63, 3.8) is 0 Å². The van der Waals surface area contributed by atoms with E-state index in [1.165, 1.54) is 18.9 Å². The van der Waals surface area contributed by atoms with Gasteiger partial charge in [-0.1, -0.05) is 35.9 Å². The summed E-state index contributed by atoms with van der Waals surface area (Å²) in [6.07, 6.45) is 0. The summed E-state index contributed by atoms with van der Waals surface area (Å²) in [5.74, 6) is 0.789. The van der Waals surface area contributed by atoms with Crippen LogP contribution in [0.5, 0.6) is 11.5 Å². The average Bonchev–Trinajstić information content (AvgIpc) is 2.80. The van der Waals surface area contributed by atoms with Crippen molar-refractivity contribution in [1.82, 2.24) is 9.66 Å². The van der Waals surface area contributed by atoms with Crippen LogP contribution in [0.2, 0.25) is 0 Å². The average molecular weight is 415 g/mol. The zero-order valence-electron chi connectivity index (χ0n) is 17.4. The van der Waals surface area contributed by atoms with E-state index in [9.17, 15) is 9.59 Å². The highest BCUT2D eigenvalue weighted by atomic mass is 16.5. The number of carbonyl (C=O) groups excluding carboxylic acids is 1. The van der Waals surface area contributed by atoms with Gasteiger partial charge in [0.15, 0.2) is 17.3 Å². The molecule has 31 heavy (non-hydrogen) atoms. The van der Waals surface area contributed by atoms with Gasteiger partial charge in [0.1, 0.15) is 0 Å². The van der Waals surface area contributed by atoms with Crippen molar-refractivity contribution < 1.29 is 14.3 Å².